The Morgan fingerprint density at radius 3 is 2.17 bits per heavy atom. The lowest BCUT2D eigenvalue weighted by atomic mass is 9.91. The van der Waals surface area contributed by atoms with Gasteiger partial charge in [0.2, 0.25) is 0 Å². The highest BCUT2D eigenvalue weighted by atomic mass is 19.1. The van der Waals surface area contributed by atoms with E-state index in [1.165, 1.54) is 28.9 Å². The number of carbonyl (C=O) groups is 1. The van der Waals surface area contributed by atoms with Crippen LogP contribution in [0.2, 0.25) is 0 Å². The molecule has 4 rings (SSSR count). The van der Waals surface area contributed by atoms with Crippen molar-refractivity contribution >= 4 is 17.1 Å². The van der Waals surface area contributed by atoms with Gasteiger partial charge in [0.1, 0.15) is 11.6 Å². The Morgan fingerprint density at radius 2 is 1.67 bits per heavy atom. The molecule has 10 heteroatoms. The Morgan fingerprint density at radius 1 is 1.08 bits per heavy atom. The minimum atomic E-state index is -0.986. The first-order chi connectivity index (χ1) is 17.1. The van der Waals surface area contributed by atoms with Crippen LogP contribution in [0.15, 0.2) is 60.7 Å². The van der Waals surface area contributed by atoms with E-state index >= 15 is 0 Å². The SMILES string of the molecule is Cn1nnnc1C(/C=C/[C@@H]1C[C@H](CC(=O)O)OC(C)(C)O1)=C(c1ccc(F)cc1)c1ccc(F)cc1. The van der Waals surface area contributed by atoms with Crippen LogP contribution in [0.1, 0.15) is 43.6 Å². The largest absolute Gasteiger partial charge is 0.481 e. The number of hydrogen-bond acceptors (Lipinski definition) is 6. The van der Waals surface area contributed by atoms with Crippen LogP contribution in [0, 0.1) is 11.6 Å². The highest BCUT2D eigenvalue weighted by Gasteiger charge is 2.35. The lowest BCUT2D eigenvalue weighted by molar-refractivity contribution is -0.290. The zero-order chi connectivity index (χ0) is 25.9. The molecular weight excluding hydrogens is 470 g/mol. The standard InChI is InChI=1S/C26H26F2N4O4/c1-26(2)35-20(14-21(36-26)15-23(33)34)12-13-22(25-29-30-31-32(25)3)24(16-4-8-18(27)9-5-16)17-6-10-19(28)11-7-17/h4-13,20-21H,14-15H2,1-3H3,(H,33,34)/b13-12+/t20-,21-/m1/s1. The van der Waals surface area contributed by atoms with Gasteiger partial charge in [-0.15, -0.1) is 5.10 Å². The van der Waals surface area contributed by atoms with Gasteiger partial charge in [-0.05, 0) is 65.2 Å². The van der Waals surface area contributed by atoms with Crippen molar-refractivity contribution in [2.45, 2.75) is 44.7 Å². The third kappa shape index (κ3) is 6.07. The molecule has 1 N–H and O–H groups in total. The summed E-state index contributed by atoms with van der Waals surface area (Å²) in [7, 11) is 1.69. The summed E-state index contributed by atoms with van der Waals surface area (Å²) in [6.07, 6.45) is 2.78. The molecule has 36 heavy (non-hydrogen) atoms. The van der Waals surface area contributed by atoms with Crippen molar-refractivity contribution in [1.29, 1.82) is 0 Å². The van der Waals surface area contributed by atoms with Gasteiger partial charge >= 0.3 is 5.97 Å². The zero-order valence-electron chi connectivity index (χ0n) is 20.1. The average molecular weight is 497 g/mol. The summed E-state index contributed by atoms with van der Waals surface area (Å²) in [5.74, 6) is -2.31. The van der Waals surface area contributed by atoms with Crippen LogP contribution in [0.3, 0.4) is 0 Å². The lowest BCUT2D eigenvalue weighted by Gasteiger charge is -2.39. The van der Waals surface area contributed by atoms with Crippen LogP contribution in [-0.4, -0.2) is 49.3 Å². The molecule has 0 saturated carbocycles. The molecule has 0 aliphatic carbocycles. The van der Waals surface area contributed by atoms with Crippen molar-refractivity contribution in [1.82, 2.24) is 20.2 Å². The number of aliphatic carboxylic acids is 1. The molecule has 1 fully saturated rings. The number of tetrazole rings is 1. The fourth-order valence-electron chi connectivity index (χ4n) is 4.23. The minimum absolute atomic E-state index is 0.149. The average Bonchev–Trinajstić information content (AvgIpc) is 3.22. The molecule has 0 spiro atoms. The van der Waals surface area contributed by atoms with Crippen molar-refractivity contribution in [3.63, 3.8) is 0 Å². The van der Waals surface area contributed by atoms with E-state index in [9.17, 15) is 18.7 Å². The number of ether oxygens (including phenoxy) is 2. The predicted octanol–water partition coefficient (Wildman–Crippen LogP) is 4.39. The number of aryl methyl sites for hydroxylation is 1. The van der Waals surface area contributed by atoms with Gasteiger partial charge in [-0.2, -0.15) is 0 Å². The number of rotatable bonds is 7. The van der Waals surface area contributed by atoms with E-state index < -0.39 is 35.6 Å². The second-order valence-electron chi connectivity index (χ2n) is 8.92. The number of carboxylic acids is 1. The van der Waals surface area contributed by atoms with Gasteiger partial charge in [0.15, 0.2) is 11.6 Å². The normalized spacial score (nSPS) is 19.4. The number of allylic oxidation sites excluding steroid dienone is 2. The maximum Gasteiger partial charge on any atom is 0.305 e. The molecule has 1 aliphatic rings. The topological polar surface area (TPSA) is 99.4 Å². The van der Waals surface area contributed by atoms with Crippen LogP contribution in [0.5, 0.6) is 0 Å². The van der Waals surface area contributed by atoms with Crippen molar-refractivity contribution < 1.29 is 28.2 Å². The first-order valence-electron chi connectivity index (χ1n) is 11.4. The van der Waals surface area contributed by atoms with E-state index in [1.54, 1.807) is 57.3 Å². The summed E-state index contributed by atoms with van der Waals surface area (Å²) in [6, 6.07) is 11.9. The van der Waals surface area contributed by atoms with E-state index in [-0.39, 0.29) is 6.42 Å². The molecule has 8 nitrogen and oxygen atoms in total. The molecule has 188 valence electrons. The molecule has 1 saturated heterocycles. The molecule has 2 heterocycles. The van der Waals surface area contributed by atoms with E-state index in [1.807, 2.05) is 0 Å². The van der Waals surface area contributed by atoms with E-state index in [0.29, 0.717) is 34.5 Å². The van der Waals surface area contributed by atoms with E-state index in [2.05, 4.69) is 15.5 Å². The number of aromatic nitrogens is 4. The first-order valence-corrected chi connectivity index (χ1v) is 11.4. The maximum absolute atomic E-state index is 13.7. The van der Waals surface area contributed by atoms with Crippen LogP contribution in [0.4, 0.5) is 8.78 Å². The molecule has 2 atom stereocenters. The second-order valence-corrected chi connectivity index (χ2v) is 8.92. The monoisotopic (exact) mass is 496 g/mol. The molecule has 1 aromatic heterocycles. The van der Waals surface area contributed by atoms with Gasteiger partial charge in [0.05, 0.1) is 18.6 Å². The van der Waals surface area contributed by atoms with Gasteiger partial charge in [0, 0.05) is 19.0 Å². The van der Waals surface area contributed by atoms with Gasteiger partial charge in [0.25, 0.3) is 0 Å². The highest BCUT2D eigenvalue weighted by Crippen LogP contribution is 2.34. The first kappa shape index (κ1) is 25.3. The summed E-state index contributed by atoms with van der Waals surface area (Å²) in [6.45, 7) is 3.46. The molecule has 3 aromatic rings. The van der Waals surface area contributed by atoms with Crippen LogP contribution < -0.4 is 0 Å². The number of carboxylic acid groups (broad SMARTS) is 1. The molecule has 0 bridgehead atoms. The Balaban J connectivity index is 1.85. The zero-order valence-corrected chi connectivity index (χ0v) is 20.1. The van der Waals surface area contributed by atoms with Crippen LogP contribution in [0.25, 0.3) is 11.1 Å². The Kier molecular flexibility index (Phi) is 7.37. The minimum Gasteiger partial charge on any atom is -0.481 e. The number of halogens is 2. The number of benzene rings is 2. The summed E-state index contributed by atoms with van der Waals surface area (Å²) < 4.78 is 40.8. The molecule has 1 aliphatic heterocycles. The van der Waals surface area contributed by atoms with Gasteiger partial charge in [-0.25, -0.2) is 13.5 Å². The Bertz CT molecular complexity index is 1240. The number of hydrogen-bond donors (Lipinski definition) is 1. The highest BCUT2D eigenvalue weighted by molar-refractivity contribution is 6.00. The molecule has 0 unspecified atom stereocenters. The lowest BCUT2D eigenvalue weighted by Crippen LogP contribution is -2.44. The van der Waals surface area contributed by atoms with Crippen LogP contribution >= 0.6 is 0 Å². The predicted molar refractivity (Wildman–Crippen MR) is 127 cm³/mol. The third-order valence-corrected chi connectivity index (χ3v) is 5.66. The van der Waals surface area contributed by atoms with Gasteiger partial charge in [-0.3, -0.25) is 4.79 Å². The summed E-state index contributed by atoms with van der Waals surface area (Å²) >= 11 is 0. The second kappa shape index (κ2) is 10.5. The summed E-state index contributed by atoms with van der Waals surface area (Å²) in [4.78, 5) is 11.3. The van der Waals surface area contributed by atoms with Crippen molar-refractivity contribution in [2.75, 3.05) is 0 Å². The van der Waals surface area contributed by atoms with E-state index in [0.717, 1.165) is 0 Å². The molecule has 2 aromatic carbocycles. The van der Waals surface area contributed by atoms with Gasteiger partial charge < -0.3 is 14.6 Å². The Labute approximate surface area is 206 Å². The molecule has 0 amide bonds. The van der Waals surface area contributed by atoms with Crippen molar-refractivity contribution in [3.8, 4) is 0 Å². The summed E-state index contributed by atoms with van der Waals surface area (Å²) in [5, 5.41) is 21.1. The maximum atomic E-state index is 13.7. The van der Waals surface area contributed by atoms with Crippen LogP contribution in [-0.2, 0) is 21.3 Å². The fourth-order valence-corrected chi connectivity index (χ4v) is 4.23. The molecule has 0 radical (unpaired) electrons. The van der Waals surface area contributed by atoms with E-state index in [4.69, 9.17) is 9.47 Å². The van der Waals surface area contributed by atoms with Crippen molar-refractivity contribution in [2.24, 2.45) is 7.05 Å². The summed E-state index contributed by atoms with van der Waals surface area (Å²) in [5.41, 5.74) is 2.58. The quantitative estimate of drug-likeness (QED) is 0.485. The number of nitrogens with zero attached hydrogens (tertiary/aromatic N) is 4. The smallest absolute Gasteiger partial charge is 0.305 e. The van der Waals surface area contributed by atoms with Gasteiger partial charge in [-0.1, -0.05) is 36.4 Å². The van der Waals surface area contributed by atoms with Crippen molar-refractivity contribution in [3.05, 3.63) is 89.3 Å². The third-order valence-electron chi connectivity index (χ3n) is 5.66. The fraction of sp³-hybridized carbons (Fsp3) is 0.308. The molecular formula is C26H26F2N4O4. The Hall–Kier alpha value is -3.76.